The topological polar surface area (TPSA) is 21.3 Å². The van der Waals surface area contributed by atoms with Crippen LogP contribution < -0.4 is 4.90 Å². The van der Waals surface area contributed by atoms with Gasteiger partial charge in [0.15, 0.2) is 0 Å². The summed E-state index contributed by atoms with van der Waals surface area (Å²) in [4.78, 5) is 2.39. The molecule has 286 valence electrons. The number of nitrogens with zero attached hydrogens (tertiary/aromatic N) is 2. The molecule has 12 rings (SSSR count). The lowest BCUT2D eigenvalue weighted by Crippen LogP contribution is -2.10. The van der Waals surface area contributed by atoms with Gasteiger partial charge in [-0.15, -0.1) is 0 Å². The van der Waals surface area contributed by atoms with Gasteiger partial charge >= 0.3 is 0 Å². The maximum atomic E-state index is 6.61. The van der Waals surface area contributed by atoms with E-state index in [0.29, 0.717) is 0 Å². The van der Waals surface area contributed by atoms with Crippen molar-refractivity contribution in [2.45, 2.75) is 0 Å². The summed E-state index contributed by atoms with van der Waals surface area (Å²) < 4.78 is 9.10. The zero-order chi connectivity index (χ0) is 40.3. The van der Waals surface area contributed by atoms with Crippen LogP contribution in [-0.4, -0.2) is 4.57 Å². The highest BCUT2D eigenvalue weighted by molar-refractivity contribution is 6.14. The zero-order valence-electron chi connectivity index (χ0n) is 33.2. The van der Waals surface area contributed by atoms with Crippen molar-refractivity contribution in [3.8, 4) is 39.1 Å². The van der Waals surface area contributed by atoms with E-state index in [0.717, 1.165) is 66.8 Å². The second kappa shape index (κ2) is 14.3. The highest BCUT2D eigenvalue weighted by atomic mass is 16.3. The number of furan rings is 1. The first kappa shape index (κ1) is 34.9. The van der Waals surface area contributed by atoms with Gasteiger partial charge in [-0.25, -0.2) is 0 Å². The van der Waals surface area contributed by atoms with Crippen LogP contribution in [0.1, 0.15) is 0 Å². The van der Waals surface area contributed by atoms with Crippen molar-refractivity contribution in [1.82, 2.24) is 4.57 Å². The lowest BCUT2D eigenvalue weighted by molar-refractivity contribution is 0.670. The molecule has 3 nitrogen and oxygen atoms in total. The Balaban J connectivity index is 1.11. The monoisotopic (exact) mass is 778 g/mol. The van der Waals surface area contributed by atoms with Gasteiger partial charge in [-0.3, -0.25) is 0 Å². The van der Waals surface area contributed by atoms with Gasteiger partial charge in [0, 0.05) is 55.1 Å². The first-order valence-electron chi connectivity index (χ1n) is 20.8. The van der Waals surface area contributed by atoms with E-state index in [1.807, 2.05) is 6.07 Å². The van der Waals surface area contributed by atoms with Gasteiger partial charge in [0.1, 0.15) is 11.2 Å². The maximum absolute atomic E-state index is 6.61. The van der Waals surface area contributed by atoms with Gasteiger partial charge in [0.25, 0.3) is 0 Å². The second-order valence-electron chi connectivity index (χ2n) is 15.7. The molecule has 0 aliphatic heterocycles. The van der Waals surface area contributed by atoms with Gasteiger partial charge in [0.2, 0.25) is 0 Å². The Bertz CT molecular complexity index is 3580. The van der Waals surface area contributed by atoms with Gasteiger partial charge in [-0.05, 0) is 76.2 Å². The zero-order valence-corrected chi connectivity index (χ0v) is 33.2. The van der Waals surface area contributed by atoms with Crippen molar-refractivity contribution < 1.29 is 4.42 Å². The van der Waals surface area contributed by atoms with E-state index < -0.39 is 0 Å². The molecule has 3 heteroatoms. The Kier molecular flexibility index (Phi) is 8.17. The molecule has 0 atom stereocenters. The second-order valence-corrected chi connectivity index (χ2v) is 15.7. The SMILES string of the molecule is c1ccc(-c2cc(N(c3ccccc3)c3ccc4c5ccccc5n(-c5c(-c6ccccc6)ccc6ccccc56)c4c3)ccc2-c2cccc3c2oc2ccccc23)cc1. The molecule has 0 saturated carbocycles. The average Bonchev–Trinajstić information content (AvgIpc) is 3.88. The summed E-state index contributed by atoms with van der Waals surface area (Å²) in [5, 5.41) is 7.08. The van der Waals surface area contributed by atoms with Crippen molar-refractivity contribution in [2.75, 3.05) is 4.90 Å². The fourth-order valence-electron chi connectivity index (χ4n) is 9.43. The molecule has 0 unspecified atom stereocenters. The third-order valence-electron chi connectivity index (χ3n) is 12.2. The normalized spacial score (nSPS) is 11.6. The maximum Gasteiger partial charge on any atom is 0.143 e. The Morgan fingerprint density at radius 3 is 1.72 bits per heavy atom. The first-order valence-corrected chi connectivity index (χ1v) is 20.8. The van der Waals surface area contributed by atoms with Gasteiger partial charge in [-0.2, -0.15) is 0 Å². The molecule has 0 N–H and O–H groups in total. The fraction of sp³-hybridized carbons (Fsp3) is 0. The number of hydrogen-bond donors (Lipinski definition) is 0. The van der Waals surface area contributed by atoms with Crippen molar-refractivity contribution in [3.05, 3.63) is 231 Å². The predicted molar refractivity (Wildman–Crippen MR) is 257 cm³/mol. The van der Waals surface area contributed by atoms with E-state index in [4.69, 9.17) is 4.42 Å². The van der Waals surface area contributed by atoms with Gasteiger partial charge in [0.05, 0.1) is 16.7 Å². The molecule has 0 aliphatic carbocycles. The van der Waals surface area contributed by atoms with Crippen LogP contribution in [0.15, 0.2) is 235 Å². The van der Waals surface area contributed by atoms with Crippen molar-refractivity contribution in [1.29, 1.82) is 0 Å². The molecule has 2 heterocycles. The van der Waals surface area contributed by atoms with Crippen LogP contribution in [0, 0.1) is 0 Å². The molecule has 61 heavy (non-hydrogen) atoms. The fourth-order valence-corrected chi connectivity index (χ4v) is 9.43. The number of hydrogen-bond acceptors (Lipinski definition) is 2. The van der Waals surface area contributed by atoms with Crippen LogP contribution in [0.25, 0.3) is 93.6 Å². The highest BCUT2D eigenvalue weighted by Gasteiger charge is 2.22. The first-order chi connectivity index (χ1) is 30.3. The highest BCUT2D eigenvalue weighted by Crippen LogP contribution is 2.46. The van der Waals surface area contributed by atoms with E-state index in [9.17, 15) is 0 Å². The molecular weight excluding hydrogens is 741 g/mol. The molecule has 10 aromatic carbocycles. The van der Waals surface area contributed by atoms with Crippen LogP contribution in [-0.2, 0) is 0 Å². The molecule has 0 fully saturated rings. The standard InChI is InChI=1S/C58H38N2O/c1-4-17-39(18-5-1)46-34-31-41-21-10-11-24-45(41)57(46)60-54-29-14-12-25-48(54)49-36-33-44(38-55(49)60)59(42-22-8-3-9-23-42)43-32-35-47(53(37-43)40-19-6-2-7-20-40)51-27-16-28-52-50-26-13-15-30-56(50)61-58(51)52/h1-38H. The van der Waals surface area contributed by atoms with Crippen LogP contribution in [0.2, 0.25) is 0 Å². The predicted octanol–water partition coefficient (Wildman–Crippen LogP) is 16.3. The number of aromatic nitrogens is 1. The molecular formula is C58H38N2O. The van der Waals surface area contributed by atoms with E-state index >= 15 is 0 Å². The van der Waals surface area contributed by atoms with Gasteiger partial charge < -0.3 is 13.9 Å². The molecule has 0 bridgehead atoms. The summed E-state index contributed by atoms with van der Waals surface area (Å²) in [5.41, 5.74) is 15.3. The molecule has 2 aromatic heterocycles. The molecule has 0 spiro atoms. The van der Waals surface area contributed by atoms with Crippen molar-refractivity contribution in [3.63, 3.8) is 0 Å². The third-order valence-corrected chi connectivity index (χ3v) is 12.2. The Morgan fingerprint density at radius 1 is 0.328 bits per heavy atom. The lowest BCUT2D eigenvalue weighted by atomic mass is 9.92. The van der Waals surface area contributed by atoms with Crippen LogP contribution >= 0.6 is 0 Å². The molecule has 0 aliphatic rings. The minimum absolute atomic E-state index is 0.894. The molecule has 0 saturated heterocycles. The molecule has 12 aromatic rings. The Morgan fingerprint density at radius 2 is 0.918 bits per heavy atom. The quantitative estimate of drug-likeness (QED) is 0.161. The van der Waals surface area contributed by atoms with Crippen molar-refractivity contribution in [2.24, 2.45) is 0 Å². The molecule has 0 radical (unpaired) electrons. The number of para-hydroxylation sites is 4. The third kappa shape index (κ3) is 5.74. The van der Waals surface area contributed by atoms with E-state index in [2.05, 4.69) is 234 Å². The van der Waals surface area contributed by atoms with Crippen LogP contribution in [0.5, 0.6) is 0 Å². The molecule has 0 amide bonds. The van der Waals surface area contributed by atoms with Crippen LogP contribution in [0.3, 0.4) is 0 Å². The smallest absolute Gasteiger partial charge is 0.143 e. The summed E-state index contributed by atoms with van der Waals surface area (Å²) >= 11 is 0. The number of benzene rings is 10. The van der Waals surface area contributed by atoms with Crippen LogP contribution in [0.4, 0.5) is 17.1 Å². The minimum Gasteiger partial charge on any atom is -0.455 e. The Labute approximate surface area is 353 Å². The summed E-state index contributed by atoms with van der Waals surface area (Å²) in [6.45, 7) is 0. The summed E-state index contributed by atoms with van der Waals surface area (Å²) in [5.74, 6) is 0. The largest absolute Gasteiger partial charge is 0.455 e. The van der Waals surface area contributed by atoms with Gasteiger partial charge in [-0.1, -0.05) is 182 Å². The lowest BCUT2D eigenvalue weighted by Gasteiger charge is -2.27. The van der Waals surface area contributed by atoms with E-state index in [1.54, 1.807) is 0 Å². The number of anilines is 3. The summed E-state index contributed by atoms with van der Waals surface area (Å²) in [7, 11) is 0. The summed E-state index contributed by atoms with van der Waals surface area (Å²) in [6, 6.07) is 82.9. The van der Waals surface area contributed by atoms with E-state index in [1.165, 1.54) is 43.9 Å². The summed E-state index contributed by atoms with van der Waals surface area (Å²) in [6.07, 6.45) is 0. The van der Waals surface area contributed by atoms with Crippen molar-refractivity contribution >= 4 is 71.6 Å². The average molecular weight is 779 g/mol. The van der Waals surface area contributed by atoms with E-state index in [-0.39, 0.29) is 0 Å². The number of fused-ring (bicyclic) bond motifs is 7. The minimum atomic E-state index is 0.894. The number of rotatable bonds is 7. The Hall–Kier alpha value is -8.14.